The molecule has 0 heterocycles. The highest BCUT2D eigenvalue weighted by Gasteiger charge is 2.64. The van der Waals surface area contributed by atoms with E-state index in [1.165, 1.54) is 6.07 Å². The smallest absolute Gasteiger partial charge is 0.313 e. The zero-order valence-electron chi connectivity index (χ0n) is 16.7. The van der Waals surface area contributed by atoms with Crippen LogP contribution in [-0.2, 0) is 20.7 Å². The van der Waals surface area contributed by atoms with Crippen LogP contribution < -0.4 is 15.4 Å². The molecule has 1 aliphatic rings. The number of anilines is 1. The zero-order chi connectivity index (χ0) is 21.9. The minimum atomic E-state index is -0.983. The molecule has 9 heteroatoms. The lowest BCUT2D eigenvalue weighted by atomic mass is 9.93. The van der Waals surface area contributed by atoms with Crippen LogP contribution >= 0.6 is 0 Å². The number of hydrogen-bond donors (Lipinski definition) is 4. The molecule has 0 aromatic heterocycles. The number of hydrogen-bond acceptors (Lipinski definition) is 8. The second-order valence-electron chi connectivity index (χ2n) is 7.27. The summed E-state index contributed by atoms with van der Waals surface area (Å²) < 4.78 is 10.9. The number of amides is 1. The minimum Gasteiger partial charge on any atom is -0.466 e. The quantitative estimate of drug-likeness (QED) is 0.294. The molecule has 0 radical (unpaired) electrons. The first kappa shape index (κ1) is 21.6. The Balaban J connectivity index is 1.73. The first-order valence-electron chi connectivity index (χ1n) is 9.47. The highest BCUT2D eigenvalue weighted by molar-refractivity contribution is 5.93. The normalized spacial score (nSPS) is 19.7. The summed E-state index contributed by atoms with van der Waals surface area (Å²) in [7, 11) is 0. The van der Waals surface area contributed by atoms with Crippen LogP contribution in [0.4, 0.5) is 5.69 Å². The van der Waals surface area contributed by atoms with Crippen LogP contribution in [0.15, 0.2) is 42.5 Å². The van der Waals surface area contributed by atoms with E-state index in [4.69, 9.17) is 14.7 Å². The van der Waals surface area contributed by atoms with Gasteiger partial charge in [-0.15, -0.1) is 5.23 Å². The number of carbonyl (C=O) groups excluding carboxylic acids is 2. The van der Waals surface area contributed by atoms with Crippen LogP contribution in [-0.4, -0.2) is 34.1 Å². The van der Waals surface area contributed by atoms with Crippen molar-refractivity contribution >= 4 is 17.6 Å². The third-order valence-corrected chi connectivity index (χ3v) is 5.26. The van der Waals surface area contributed by atoms with Gasteiger partial charge in [-0.25, -0.2) is 5.48 Å². The van der Waals surface area contributed by atoms with Gasteiger partial charge in [0.1, 0.15) is 17.2 Å². The fourth-order valence-electron chi connectivity index (χ4n) is 3.54. The van der Waals surface area contributed by atoms with Gasteiger partial charge in [0.2, 0.25) is 5.91 Å². The lowest BCUT2D eigenvalue weighted by molar-refractivity contribution is -0.152. The Bertz CT molecular complexity index is 929. The highest BCUT2D eigenvalue weighted by atomic mass is 16.8. The maximum Gasteiger partial charge on any atom is 0.313 e. The number of ether oxygens (including phenoxy) is 2. The van der Waals surface area contributed by atoms with E-state index in [2.05, 4.69) is 0 Å². The minimum absolute atomic E-state index is 0.0364. The van der Waals surface area contributed by atoms with Gasteiger partial charge in [0.25, 0.3) is 0 Å². The first-order valence-corrected chi connectivity index (χ1v) is 9.47. The van der Waals surface area contributed by atoms with E-state index >= 15 is 0 Å². The van der Waals surface area contributed by atoms with Gasteiger partial charge in [-0.2, -0.15) is 0 Å². The van der Waals surface area contributed by atoms with Crippen LogP contribution in [0.5, 0.6) is 11.5 Å². The summed E-state index contributed by atoms with van der Waals surface area (Å²) >= 11 is 0. The number of rotatable bonds is 8. The van der Waals surface area contributed by atoms with Crippen LogP contribution in [0.1, 0.15) is 24.5 Å². The van der Waals surface area contributed by atoms with Crippen molar-refractivity contribution in [2.24, 2.45) is 11.3 Å². The molecule has 1 fully saturated rings. The highest BCUT2D eigenvalue weighted by Crippen LogP contribution is 2.56. The summed E-state index contributed by atoms with van der Waals surface area (Å²) in [5, 5.41) is 27.5. The zero-order valence-corrected chi connectivity index (χ0v) is 16.7. The van der Waals surface area contributed by atoms with Crippen LogP contribution in [0.2, 0.25) is 0 Å². The number of aryl methyl sites for hydroxylation is 1. The van der Waals surface area contributed by atoms with Gasteiger partial charge >= 0.3 is 5.97 Å². The summed E-state index contributed by atoms with van der Waals surface area (Å²) in [5.41, 5.74) is 2.30. The van der Waals surface area contributed by atoms with Crippen LogP contribution in [0.25, 0.3) is 0 Å². The van der Waals surface area contributed by atoms with Crippen molar-refractivity contribution in [3.05, 3.63) is 53.6 Å². The van der Waals surface area contributed by atoms with Crippen molar-refractivity contribution in [3.63, 3.8) is 0 Å². The molecule has 30 heavy (non-hydrogen) atoms. The Morgan fingerprint density at radius 1 is 1.17 bits per heavy atom. The SMILES string of the molecule is CCOC(=O)[C@@]1(Cc2ccc(Oc3ccc(C)c(N(O)O)c3)cc2)C[C@@H]1C(=O)NO. The van der Waals surface area contributed by atoms with Gasteiger partial charge in [-0.3, -0.25) is 25.2 Å². The van der Waals surface area contributed by atoms with E-state index in [1.54, 1.807) is 55.7 Å². The second-order valence-corrected chi connectivity index (χ2v) is 7.27. The van der Waals surface area contributed by atoms with E-state index in [1.807, 2.05) is 0 Å². The molecule has 1 saturated carbocycles. The average Bonchev–Trinajstić information content (AvgIpc) is 3.45. The average molecular weight is 416 g/mol. The molecule has 2 atom stereocenters. The Hall–Kier alpha value is -3.14. The maximum absolute atomic E-state index is 12.4. The predicted molar refractivity (Wildman–Crippen MR) is 105 cm³/mol. The van der Waals surface area contributed by atoms with E-state index in [-0.39, 0.29) is 17.5 Å². The summed E-state index contributed by atoms with van der Waals surface area (Å²) in [5.74, 6) is -0.755. The van der Waals surface area contributed by atoms with Gasteiger partial charge in [-0.1, -0.05) is 18.2 Å². The fourth-order valence-corrected chi connectivity index (χ4v) is 3.54. The van der Waals surface area contributed by atoms with Gasteiger partial charge in [-0.05, 0) is 56.0 Å². The number of esters is 1. The lowest BCUT2D eigenvalue weighted by Crippen LogP contribution is -2.30. The molecule has 2 aromatic carbocycles. The number of benzene rings is 2. The molecule has 0 bridgehead atoms. The van der Waals surface area contributed by atoms with E-state index in [9.17, 15) is 20.0 Å². The summed E-state index contributed by atoms with van der Waals surface area (Å²) in [6, 6.07) is 11.9. The number of carbonyl (C=O) groups is 2. The summed E-state index contributed by atoms with van der Waals surface area (Å²) in [6.45, 7) is 3.64. The van der Waals surface area contributed by atoms with Crippen molar-refractivity contribution in [2.45, 2.75) is 26.7 Å². The van der Waals surface area contributed by atoms with Crippen molar-refractivity contribution in [1.29, 1.82) is 0 Å². The molecular formula is C21H24N2O7. The van der Waals surface area contributed by atoms with E-state index < -0.39 is 23.2 Å². The maximum atomic E-state index is 12.4. The molecule has 160 valence electrons. The van der Waals surface area contributed by atoms with Gasteiger partial charge in [0.15, 0.2) is 0 Å². The number of nitrogens with zero attached hydrogens (tertiary/aromatic N) is 1. The van der Waals surface area contributed by atoms with E-state index in [0.717, 1.165) is 5.56 Å². The van der Waals surface area contributed by atoms with Gasteiger partial charge in [0, 0.05) is 6.07 Å². The Kier molecular flexibility index (Phi) is 6.25. The molecule has 0 aliphatic heterocycles. The summed E-state index contributed by atoms with van der Waals surface area (Å²) in [4.78, 5) is 24.2. The third kappa shape index (κ3) is 4.38. The fraction of sp³-hybridized carbons (Fsp3) is 0.333. The molecule has 2 aromatic rings. The number of nitrogens with one attached hydrogen (secondary N) is 1. The second kappa shape index (κ2) is 8.70. The topological polar surface area (TPSA) is 129 Å². The Labute approximate surface area is 173 Å². The molecule has 9 nitrogen and oxygen atoms in total. The molecule has 1 amide bonds. The van der Waals surface area contributed by atoms with Crippen molar-refractivity contribution in [3.8, 4) is 11.5 Å². The molecule has 1 aliphatic carbocycles. The predicted octanol–water partition coefficient (Wildman–Crippen LogP) is 2.99. The molecule has 0 spiro atoms. The van der Waals surface area contributed by atoms with Crippen molar-refractivity contribution in [2.75, 3.05) is 11.8 Å². The third-order valence-electron chi connectivity index (χ3n) is 5.26. The van der Waals surface area contributed by atoms with Crippen molar-refractivity contribution < 1.29 is 34.7 Å². The first-order chi connectivity index (χ1) is 14.3. The van der Waals surface area contributed by atoms with Crippen molar-refractivity contribution in [1.82, 2.24) is 5.48 Å². The summed E-state index contributed by atoms with van der Waals surface area (Å²) in [6.07, 6.45) is 0.601. The molecule has 0 unspecified atom stereocenters. The molecule has 4 N–H and O–H groups in total. The van der Waals surface area contributed by atoms with Crippen LogP contribution in [0, 0.1) is 18.3 Å². The Morgan fingerprint density at radius 3 is 2.43 bits per heavy atom. The largest absolute Gasteiger partial charge is 0.466 e. The molecule has 3 rings (SSSR count). The van der Waals surface area contributed by atoms with E-state index in [0.29, 0.717) is 29.9 Å². The monoisotopic (exact) mass is 416 g/mol. The van der Waals surface area contributed by atoms with Crippen LogP contribution in [0.3, 0.4) is 0 Å². The molecule has 0 saturated heterocycles. The lowest BCUT2D eigenvalue weighted by Gasteiger charge is -2.16. The number of hydroxylamine groups is 1. The standard InChI is InChI=1S/C21H24N2O7/c1-3-29-20(25)21(12-17(21)19(24)22-26)11-14-5-8-15(9-6-14)30-16-7-4-13(2)18(10-16)23(27)28/h4-10,17,26-28H,3,11-12H2,1-2H3,(H,22,24)/t17-,21+/m1/s1. The van der Waals surface area contributed by atoms with Gasteiger partial charge in [0.05, 0.1) is 17.9 Å². The Morgan fingerprint density at radius 2 is 1.83 bits per heavy atom. The molecular weight excluding hydrogens is 392 g/mol. The van der Waals surface area contributed by atoms with Gasteiger partial charge < -0.3 is 9.47 Å².